The van der Waals surface area contributed by atoms with Gasteiger partial charge in [-0.2, -0.15) is 0 Å². The lowest BCUT2D eigenvalue weighted by Gasteiger charge is -2.18. The van der Waals surface area contributed by atoms with Crippen molar-refractivity contribution in [2.45, 2.75) is 33.0 Å². The van der Waals surface area contributed by atoms with Crippen molar-refractivity contribution < 1.29 is 14.3 Å². The molecular formula is C14H19BrO3. The first kappa shape index (κ1) is 15.3. The maximum atomic E-state index is 12.1. The number of halogens is 1. The average Bonchev–Trinajstić information content (AvgIpc) is 2.36. The molecule has 2 unspecified atom stereocenters. The summed E-state index contributed by atoms with van der Waals surface area (Å²) in [4.78, 5) is 12.1. The molecule has 1 rings (SSSR count). The van der Waals surface area contributed by atoms with E-state index < -0.39 is 6.10 Å². The molecule has 100 valence electrons. The second-order valence-corrected chi connectivity index (χ2v) is 5.04. The first-order chi connectivity index (χ1) is 8.54. The molecule has 0 radical (unpaired) electrons. The van der Waals surface area contributed by atoms with E-state index in [0.29, 0.717) is 18.8 Å². The SMILES string of the molecule is CCOCC(C)OC(C)C(=O)c1ccc(Br)cc1. The average molecular weight is 315 g/mol. The number of carbonyl (C=O) groups is 1. The Morgan fingerprint density at radius 3 is 2.44 bits per heavy atom. The molecule has 3 nitrogen and oxygen atoms in total. The summed E-state index contributed by atoms with van der Waals surface area (Å²) in [6.07, 6.45) is -0.541. The predicted octanol–water partition coefficient (Wildman–Crippen LogP) is 3.46. The standard InChI is InChI=1S/C14H19BrO3/c1-4-17-9-10(2)18-11(3)14(16)12-5-7-13(15)8-6-12/h5-8,10-11H,4,9H2,1-3H3. The van der Waals surface area contributed by atoms with Crippen molar-refractivity contribution in [2.75, 3.05) is 13.2 Å². The summed E-state index contributed by atoms with van der Waals surface area (Å²) in [7, 11) is 0. The van der Waals surface area contributed by atoms with Gasteiger partial charge in [0.2, 0.25) is 0 Å². The number of ketones is 1. The van der Waals surface area contributed by atoms with E-state index in [9.17, 15) is 4.79 Å². The number of carbonyl (C=O) groups excluding carboxylic acids is 1. The van der Waals surface area contributed by atoms with Crippen LogP contribution >= 0.6 is 15.9 Å². The second kappa shape index (κ2) is 7.67. The highest BCUT2D eigenvalue weighted by molar-refractivity contribution is 9.10. The Bertz CT molecular complexity index is 375. The summed E-state index contributed by atoms with van der Waals surface area (Å²) < 4.78 is 11.8. The van der Waals surface area contributed by atoms with Gasteiger partial charge in [0.15, 0.2) is 5.78 Å². The van der Waals surface area contributed by atoms with Crippen molar-refractivity contribution in [2.24, 2.45) is 0 Å². The highest BCUT2D eigenvalue weighted by Crippen LogP contribution is 2.13. The first-order valence-electron chi connectivity index (χ1n) is 6.07. The molecule has 4 heteroatoms. The van der Waals surface area contributed by atoms with E-state index in [2.05, 4.69) is 15.9 Å². The van der Waals surface area contributed by atoms with Gasteiger partial charge in [-0.25, -0.2) is 0 Å². The molecule has 0 aliphatic rings. The Balaban J connectivity index is 2.53. The van der Waals surface area contributed by atoms with Crippen LogP contribution in [0, 0.1) is 0 Å². The quantitative estimate of drug-likeness (QED) is 0.723. The predicted molar refractivity (Wildman–Crippen MR) is 75.0 cm³/mol. The third-order valence-corrected chi connectivity index (χ3v) is 3.02. The molecule has 0 bridgehead atoms. The van der Waals surface area contributed by atoms with Crippen LogP contribution in [0.1, 0.15) is 31.1 Å². The molecule has 0 saturated carbocycles. The van der Waals surface area contributed by atoms with Crippen LogP contribution in [-0.2, 0) is 9.47 Å². The minimum Gasteiger partial charge on any atom is -0.379 e. The Morgan fingerprint density at radius 2 is 1.89 bits per heavy atom. The summed E-state index contributed by atoms with van der Waals surface area (Å²) in [6.45, 7) is 6.77. The minimum absolute atomic E-state index is 0.00847. The zero-order chi connectivity index (χ0) is 13.5. The molecule has 0 aliphatic carbocycles. The monoisotopic (exact) mass is 314 g/mol. The Kier molecular flexibility index (Phi) is 6.54. The van der Waals surface area contributed by atoms with E-state index in [0.717, 1.165) is 4.47 Å². The van der Waals surface area contributed by atoms with Crippen LogP contribution < -0.4 is 0 Å². The highest BCUT2D eigenvalue weighted by atomic mass is 79.9. The molecule has 0 amide bonds. The van der Waals surface area contributed by atoms with Gasteiger partial charge in [0.1, 0.15) is 6.10 Å². The number of ether oxygens (including phenoxy) is 2. The van der Waals surface area contributed by atoms with Gasteiger partial charge < -0.3 is 9.47 Å². The lowest BCUT2D eigenvalue weighted by atomic mass is 10.1. The molecule has 0 N–H and O–H groups in total. The van der Waals surface area contributed by atoms with Gasteiger partial charge in [-0.1, -0.05) is 28.1 Å². The third-order valence-electron chi connectivity index (χ3n) is 2.49. The molecule has 0 fully saturated rings. The largest absolute Gasteiger partial charge is 0.379 e. The maximum absolute atomic E-state index is 12.1. The summed E-state index contributed by atoms with van der Waals surface area (Å²) >= 11 is 3.34. The zero-order valence-electron chi connectivity index (χ0n) is 11.0. The van der Waals surface area contributed by atoms with Crippen molar-refractivity contribution in [1.82, 2.24) is 0 Å². The molecule has 0 saturated heterocycles. The minimum atomic E-state index is -0.457. The van der Waals surface area contributed by atoms with Crippen molar-refractivity contribution in [3.63, 3.8) is 0 Å². The van der Waals surface area contributed by atoms with Crippen LogP contribution in [0.2, 0.25) is 0 Å². The first-order valence-corrected chi connectivity index (χ1v) is 6.86. The van der Waals surface area contributed by atoms with E-state index in [1.807, 2.05) is 26.0 Å². The van der Waals surface area contributed by atoms with Crippen LogP contribution in [0.15, 0.2) is 28.7 Å². The van der Waals surface area contributed by atoms with Gasteiger partial charge in [0, 0.05) is 16.6 Å². The van der Waals surface area contributed by atoms with E-state index in [1.54, 1.807) is 19.1 Å². The maximum Gasteiger partial charge on any atom is 0.191 e. The zero-order valence-corrected chi connectivity index (χ0v) is 12.6. The molecule has 2 atom stereocenters. The molecule has 0 aliphatic heterocycles. The number of hydrogen-bond donors (Lipinski definition) is 0. The van der Waals surface area contributed by atoms with Crippen LogP contribution in [0.3, 0.4) is 0 Å². The van der Waals surface area contributed by atoms with Gasteiger partial charge in [-0.05, 0) is 32.9 Å². The van der Waals surface area contributed by atoms with Gasteiger partial charge in [0.25, 0.3) is 0 Å². The van der Waals surface area contributed by atoms with Crippen LogP contribution in [0.4, 0.5) is 0 Å². The third kappa shape index (κ3) is 4.88. The second-order valence-electron chi connectivity index (χ2n) is 4.12. The molecule has 18 heavy (non-hydrogen) atoms. The molecule has 1 aromatic rings. The van der Waals surface area contributed by atoms with E-state index in [-0.39, 0.29) is 11.9 Å². The van der Waals surface area contributed by atoms with Crippen LogP contribution in [-0.4, -0.2) is 31.2 Å². The van der Waals surface area contributed by atoms with E-state index in [4.69, 9.17) is 9.47 Å². The summed E-state index contributed by atoms with van der Waals surface area (Å²) in [5.41, 5.74) is 0.661. The van der Waals surface area contributed by atoms with E-state index >= 15 is 0 Å². The van der Waals surface area contributed by atoms with Gasteiger partial charge in [-0.3, -0.25) is 4.79 Å². The van der Waals surface area contributed by atoms with Gasteiger partial charge in [0.05, 0.1) is 12.7 Å². The van der Waals surface area contributed by atoms with Gasteiger partial charge >= 0.3 is 0 Å². The van der Waals surface area contributed by atoms with E-state index in [1.165, 1.54) is 0 Å². The number of hydrogen-bond acceptors (Lipinski definition) is 3. The van der Waals surface area contributed by atoms with Crippen molar-refractivity contribution in [1.29, 1.82) is 0 Å². The Hall–Kier alpha value is -0.710. The fourth-order valence-corrected chi connectivity index (χ4v) is 1.85. The summed E-state index contributed by atoms with van der Waals surface area (Å²) in [5, 5.41) is 0. The Morgan fingerprint density at radius 1 is 1.28 bits per heavy atom. The molecule has 1 aromatic carbocycles. The fraction of sp³-hybridized carbons (Fsp3) is 0.500. The van der Waals surface area contributed by atoms with Crippen molar-refractivity contribution in [3.8, 4) is 0 Å². The van der Waals surface area contributed by atoms with Gasteiger partial charge in [-0.15, -0.1) is 0 Å². The molecular weight excluding hydrogens is 296 g/mol. The lowest BCUT2D eigenvalue weighted by Crippen LogP contribution is -2.28. The number of rotatable bonds is 7. The van der Waals surface area contributed by atoms with Crippen LogP contribution in [0.25, 0.3) is 0 Å². The topological polar surface area (TPSA) is 35.5 Å². The summed E-state index contributed by atoms with van der Waals surface area (Å²) in [5.74, 6) is -0.00847. The number of benzene rings is 1. The van der Waals surface area contributed by atoms with Crippen molar-refractivity contribution >= 4 is 21.7 Å². The molecule has 0 heterocycles. The van der Waals surface area contributed by atoms with Crippen LogP contribution in [0.5, 0.6) is 0 Å². The van der Waals surface area contributed by atoms with Crippen molar-refractivity contribution in [3.05, 3.63) is 34.3 Å². The normalized spacial score (nSPS) is 14.2. The fourth-order valence-electron chi connectivity index (χ4n) is 1.58. The smallest absolute Gasteiger partial charge is 0.191 e. The number of Topliss-reactive ketones (excluding diaryl/α,β-unsaturated/α-hetero) is 1. The lowest BCUT2D eigenvalue weighted by molar-refractivity contribution is -0.0296. The molecule has 0 spiro atoms. The highest BCUT2D eigenvalue weighted by Gasteiger charge is 2.18. The molecule has 0 aromatic heterocycles. The Labute approximate surface area is 117 Å². The summed E-state index contributed by atoms with van der Waals surface area (Å²) in [6, 6.07) is 7.28.